The molecule has 10 nitrogen and oxygen atoms in total. The fraction of sp³-hybridized carbons (Fsp3) is 0.167. The van der Waals surface area contributed by atoms with E-state index in [1.165, 1.54) is 21.5 Å². The maximum atomic E-state index is 15.1. The van der Waals surface area contributed by atoms with Crippen LogP contribution in [0.3, 0.4) is 0 Å². The molecule has 41 heavy (non-hydrogen) atoms. The predicted octanol–water partition coefficient (Wildman–Crippen LogP) is 4.01. The number of benzene rings is 3. The summed E-state index contributed by atoms with van der Waals surface area (Å²) >= 11 is 0. The van der Waals surface area contributed by atoms with E-state index in [2.05, 4.69) is 10.3 Å². The van der Waals surface area contributed by atoms with Crippen molar-refractivity contribution in [3.8, 4) is 22.9 Å². The van der Waals surface area contributed by atoms with Gasteiger partial charge in [0.05, 0.1) is 36.7 Å². The summed E-state index contributed by atoms with van der Waals surface area (Å²) in [4.78, 5) is 31.0. The molecule has 2 heterocycles. The SMILES string of the molecule is COc1ccc2c(Oc3ccc(NC(=O)c4c(C)n(CC(O)CN)n(-c5ccccc5)c4=O)cc3F)ccnc2c1. The van der Waals surface area contributed by atoms with Crippen LogP contribution in [0.25, 0.3) is 16.6 Å². The summed E-state index contributed by atoms with van der Waals surface area (Å²) in [6.45, 7) is 1.57. The summed E-state index contributed by atoms with van der Waals surface area (Å²) in [6.07, 6.45) is 0.611. The highest BCUT2D eigenvalue weighted by Gasteiger charge is 2.25. The Morgan fingerprint density at radius 1 is 1.10 bits per heavy atom. The number of hydrogen-bond donors (Lipinski definition) is 3. The minimum atomic E-state index is -0.937. The van der Waals surface area contributed by atoms with Gasteiger partial charge in [0.15, 0.2) is 11.6 Å². The molecule has 0 aliphatic carbocycles. The number of nitrogens with one attached hydrogen (secondary N) is 1. The zero-order valence-electron chi connectivity index (χ0n) is 22.4. The van der Waals surface area contributed by atoms with Crippen molar-refractivity contribution >= 4 is 22.5 Å². The first-order chi connectivity index (χ1) is 19.8. The molecule has 5 rings (SSSR count). The van der Waals surface area contributed by atoms with Crippen LogP contribution >= 0.6 is 0 Å². The molecule has 1 unspecified atom stereocenters. The second-order valence-corrected chi connectivity index (χ2v) is 9.28. The van der Waals surface area contributed by atoms with Crippen LogP contribution in [0.15, 0.2) is 83.8 Å². The number of carbonyl (C=O) groups excluding carboxylic acids is 1. The molecule has 2 aromatic heterocycles. The van der Waals surface area contributed by atoms with Gasteiger partial charge in [0.2, 0.25) is 0 Å². The van der Waals surface area contributed by atoms with E-state index in [4.69, 9.17) is 15.2 Å². The van der Waals surface area contributed by atoms with Crippen LogP contribution in [-0.2, 0) is 6.54 Å². The zero-order chi connectivity index (χ0) is 29.1. The summed E-state index contributed by atoms with van der Waals surface area (Å²) in [7, 11) is 1.55. The van der Waals surface area contributed by atoms with Gasteiger partial charge in [0, 0.05) is 35.9 Å². The molecule has 0 saturated heterocycles. The monoisotopic (exact) mass is 557 g/mol. The molecule has 3 aromatic carbocycles. The van der Waals surface area contributed by atoms with Gasteiger partial charge in [-0.2, -0.15) is 0 Å². The normalized spacial score (nSPS) is 11.8. The molecular formula is C30H28FN5O5. The Kier molecular flexibility index (Phi) is 7.81. The number of aromatic nitrogens is 3. The number of hydrogen-bond acceptors (Lipinski definition) is 7. The highest BCUT2D eigenvalue weighted by molar-refractivity contribution is 6.05. The number of nitrogens with zero attached hydrogens (tertiary/aromatic N) is 3. The van der Waals surface area contributed by atoms with Gasteiger partial charge in [-0.25, -0.2) is 9.07 Å². The van der Waals surface area contributed by atoms with E-state index in [1.54, 1.807) is 74.8 Å². The van der Waals surface area contributed by atoms with Crippen LogP contribution in [0.4, 0.5) is 10.1 Å². The van der Waals surface area contributed by atoms with Crippen molar-refractivity contribution < 1.29 is 23.8 Å². The number of ether oxygens (including phenoxy) is 2. The molecule has 0 bridgehead atoms. The molecule has 5 aromatic rings. The molecule has 0 spiro atoms. The van der Waals surface area contributed by atoms with Gasteiger partial charge in [0.25, 0.3) is 11.5 Å². The molecule has 1 atom stereocenters. The summed E-state index contributed by atoms with van der Waals surface area (Å²) < 4.78 is 29.0. The quantitative estimate of drug-likeness (QED) is 0.249. The van der Waals surface area contributed by atoms with Crippen LogP contribution in [0.5, 0.6) is 17.2 Å². The van der Waals surface area contributed by atoms with Crippen LogP contribution in [0.1, 0.15) is 16.1 Å². The maximum absolute atomic E-state index is 15.1. The molecule has 0 radical (unpaired) electrons. The van der Waals surface area contributed by atoms with Crippen LogP contribution < -0.4 is 26.1 Å². The van der Waals surface area contributed by atoms with E-state index in [0.29, 0.717) is 33.8 Å². The lowest BCUT2D eigenvalue weighted by Gasteiger charge is -2.16. The molecule has 0 aliphatic heterocycles. The Balaban J connectivity index is 1.42. The number of pyridine rings is 1. The number of rotatable bonds is 9. The van der Waals surface area contributed by atoms with Crippen molar-refractivity contribution in [2.75, 3.05) is 19.0 Å². The average molecular weight is 558 g/mol. The molecule has 0 aliphatic rings. The van der Waals surface area contributed by atoms with Gasteiger partial charge in [-0.05, 0) is 49.4 Å². The van der Waals surface area contributed by atoms with Gasteiger partial charge in [-0.1, -0.05) is 18.2 Å². The topological polar surface area (TPSA) is 134 Å². The fourth-order valence-electron chi connectivity index (χ4n) is 4.52. The standard InChI is InChI=1S/C30H28FN5O5/c1-18-28(30(39)36(20-6-4-3-5-7-20)35(18)17-21(37)16-32)29(38)34-19-8-11-27(24(31)14-19)41-26-12-13-33-25-15-22(40-2)9-10-23(25)26/h3-15,21,37H,16-17,32H2,1-2H3,(H,34,38). The molecule has 210 valence electrons. The van der Waals surface area contributed by atoms with Crippen molar-refractivity contribution in [2.24, 2.45) is 5.73 Å². The third kappa shape index (κ3) is 5.53. The third-order valence-corrected chi connectivity index (χ3v) is 6.60. The first-order valence-electron chi connectivity index (χ1n) is 12.8. The number of fused-ring (bicyclic) bond motifs is 1. The number of methoxy groups -OCH3 is 1. The van der Waals surface area contributed by atoms with E-state index in [1.807, 2.05) is 0 Å². The van der Waals surface area contributed by atoms with Gasteiger partial charge < -0.3 is 25.6 Å². The first kappa shape index (κ1) is 27.6. The van der Waals surface area contributed by atoms with Gasteiger partial charge in [-0.3, -0.25) is 19.3 Å². The Hall–Kier alpha value is -5.00. The second kappa shape index (κ2) is 11.6. The molecule has 0 saturated carbocycles. The van der Waals surface area contributed by atoms with Crippen molar-refractivity contribution in [3.63, 3.8) is 0 Å². The highest BCUT2D eigenvalue weighted by Crippen LogP contribution is 2.33. The first-order valence-corrected chi connectivity index (χ1v) is 12.8. The van der Waals surface area contributed by atoms with Crippen LogP contribution in [-0.4, -0.2) is 45.1 Å². The lowest BCUT2D eigenvalue weighted by molar-refractivity contribution is 0.102. The molecule has 4 N–H and O–H groups in total. The Labute approximate surface area is 234 Å². The summed E-state index contributed by atoms with van der Waals surface area (Å²) in [5, 5.41) is 13.5. The maximum Gasteiger partial charge on any atom is 0.284 e. The third-order valence-electron chi connectivity index (χ3n) is 6.60. The van der Waals surface area contributed by atoms with E-state index in [0.717, 1.165) is 6.07 Å². The van der Waals surface area contributed by atoms with Crippen LogP contribution in [0, 0.1) is 12.7 Å². The minimum Gasteiger partial charge on any atom is -0.497 e. The highest BCUT2D eigenvalue weighted by atomic mass is 19.1. The van der Waals surface area contributed by atoms with Gasteiger partial charge in [-0.15, -0.1) is 0 Å². The number of halogens is 1. The number of amides is 1. The molecule has 11 heteroatoms. The largest absolute Gasteiger partial charge is 0.497 e. The van der Waals surface area contributed by atoms with Gasteiger partial charge in [0.1, 0.15) is 17.1 Å². The number of aliphatic hydroxyl groups is 1. The number of carbonyl (C=O) groups is 1. The molecule has 1 amide bonds. The van der Waals surface area contributed by atoms with Crippen molar-refractivity contribution in [1.82, 2.24) is 14.3 Å². The Morgan fingerprint density at radius 2 is 1.88 bits per heavy atom. The van der Waals surface area contributed by atoms with E-state index in [9.17, 15) is 14.7 Å². The average Bonchev–Trinajstić information content (AvgIpc) is 3.22. The lowest BCUT2D eigenvalue weighted by atomic mass is 10.2. The second-order valence-electron chi connectivity index (χ2n) is 9.28. The van der Waals surface area contributed by atoms with E-state index < -0.39 is 23.4 Å². The summed E-state index contributed by atoms with van der Waals surface area (Å²) in [5.41, 5.74) is 6.45. The predicted molar refractivity (Wildman–Crippen MR) is 153 cm³/mol. The van der Waals surface area contributed by atoms with Crippen molar-refractivity contribution in [3.05, 3.63) is 106 Å². The molecule has 0 fully saturated rings. The fourth-order valence-corrected chi connectivity index (χ4v) is 4.52. The summed E-state index contributed by atoms with van der Waals surface area (Å²) in [6, 6.07) is 19.6. The lowest BCUT2D eigenvalue weighted by Crippen LogP contribution is -2.31. The van der Waals surface area contributed by atoms with E-state index >= 15 is 4.39 Å². The minimum absolute atomic E-state index is 0.00309. The number of para-hydroxylation sites is 1. The number of nitrogens with two attached hydrogens (primary N) is 1. The number of anilines is 1. The smallest absolute Gasteiger partial charge is 0.284 e. The Morgan fingerprint density at radius 3 is 2.59 bits per heavy atom. The van der Waals surface area contributed by atoms with E-state index in [-0.39, 0.29) is 30.1 Å². The number of aliphatic hydroxyl groups excluding tert-OH is 1. The molecular weight excluding hydrogens is 529 g/mol. The Bertz CT molecular complexity index is 1780. The van der Waals surface area contributed by atoms with Crippen LogP contribution in [0.2, 0.25) is 0 Å². The van der Waals surface area contributed by atoms with Gasteiger partial charge >= 0.3 is 0 Å². The van der Waals surface area contributed by atoms with Crippen molar-refractivity contribution in [2.45, 2.75) is 19.6 Å². The van der Waals surface area contributed by atoms with Crippen molar-refractivity contribution in [1.29, 1.82) is 0 Å². The summed E-state index contributed by atoms with van der Waals surface area (Å²) in [5.74, 6) is -0.476. The zero-order valence-corrected chi connectivity index (χ0v) is 22.4.